The van der Waals surface area contributed by atoms with Crippen molar-refractivity contribution in [2.75, 3.05) is 20.6 Å². The summed E-state index contributed by atoms with van der Waals surface area (Å²) >= 11 is 0. The number of nitrogens with one attached hydrogen (secondary N) is 1. The fourth-order valence-corrected chi connectivity index (χ4v) is 5.98. The van der Waals surface area contributed by atoms with Crippen LogP contribution in [-0.4, -0.2) is 75.1 Å². The van der Waals surface area contributed by atoms with E-state index in [1.807, 2.05) is 0 Å². The Bertz CT molecular complexity index is 1220. The number of phenols is 1. The molecule has 4 rings (SSSR count). The molecule has 0 heterocycles. The fraction of sp³-hybridized carbons (Fsp3) is 0.500. The van der Waals surface area contributed by atoms with Crippen molar-refractivity contribution in [3.05, 3.63) is 51.5 Å². The topological polar surface area (TPSA) is 173 Å². The lowest BCUT2D eigenvalue weighted by Crippen LogP contribution is -2.63. The lowest BCUT2D eigenvalue weighted by Gasteiger charge is -2.50. The minimum absolute atomic E-state index is 0.0274. The molecule has 0 saturated heterocycles. The van der Waals surface area contributed by atoms with E-state index in [1.165, 1.54) is 11.0 Å². The molecular weight excluding hydrogens is 466 g/mol. The molecule has 1 unspecified atom stereocenters. The van der Waals surface area contributed by atoms with Gasteiger partial charge < -0.3 is 31.5 Å². The Morgan fingerprint density at radius 3 is 2.47 bits per heavy atom. The molecule has 194 valence electrons. The van der Waals surface area contributed by atoms with Crippen LogP contribution in [0, 0.1) is 17.8 Å². The first-order valence-electron chi connectivity index (χ1n) is 12.0. The maximum absolute atomic E-state index is 13.7. The molecule has 0 spiro atoms. The van der Waals surface area contributed by atoms with Crippen molar-refractivity contribution in [1.29, 1.82) is 0 Å². The number of ketones is 2. The van der Waals surface area contributed by atoms with Crippen LogP contribution in [0.4, 0.5) is 0 Å². The summed E-state index contributed by atoms with van der Waals surface area (Å²) in [6.45, 7) is 5.38. The molecular formula is C26H33N3O7. The van der Waals surface area contributed by atoms with Gasteiger partial charge in [0.15, 0.2) is 11.4 Å². The molecule has 1 amide bonds. The van der Waals surface area contributed by atoms with Crippen molar-refractivity contribution in [3.8, 4) is 5.75 Å². The van der Waals surface area contributed by atoms with E-state index in [9.17, 15) is 34.8 Å². The predicted molar refractivity (Wildman–Crippen MR) is 130 cm³/mol. The van der Waals surface area contributed by atoms with Gasteiger partial charge in [-0.15, -0.1) is 0 Å². The summed E-state index contributed by atoms with van der Waals surface area (Å²) in [6.07, 6.45) is 0.349. The Morgan fingerprint density at radius 2 is 1.89 bits per heavy atom. The van der Waals surface area contributed by atoms with Crippen LogP contribution < -0.4 is 11.1 Å². The first-order valence-corrected chi connectivity index (χ1v) is 12.0. The number of allylic oxidation sites excluding steroid dienone is 1. The van der Waals surface area contributed by atoms with Crippen LogP contribution in [0.15, 0.2) is 34.8 Å². The summed E-state index contributed by atoms with van der Waals surface area (Å²) < 4.78 is 0. The molecule has 0 radical (unpaired) electrons. The molecule has 10 nitrogen and oxygen atoms in total. The van der Waals surface area contributed by atoms with Crippen molar-refractivity contribution in [3.63, 3.8) is 0 Å². The summed E-state index contributed by atoms with van der Waals surface area (Å²) in [4.78, 5) is 40.5. The predicted octanol–water partition coefficient (Wildman–Crippen LogP) is 0.866. The van der Waals surface area contributed by atoms with E-state index >= 15 is 0 Å². The normalized spacial score (nSPS) is 27.9. The van der Waals surface area contributed by atoms with E-state index in [0.717, 1.165) is 12.1 Å². The van der Waals surface area contributed by atoms with E-state index in [1.54, 1.807) is 20.2 Å². The van der Waals surface area contributed by atoms with Gasteiger partial charge in [0, 0.05) is 18.0 Å². The lowest BCUT2D eigenvalue weighted by atomic mass is 9.58. The van der Waals surface area contributed by atoms with Gasteiger partial charge in [0.05, 0.1) is 11.6 Å². The Kier molecular flexibility index (Phi) is 6.48. The number of aliphatic hydroxyl groups is 3. The van der Waals surface area contributed by atoms with Gasteiger partial charge in [0.2, 0.25) is 5.78 Å². The average Bonchev–Trinajstić information content (AvgIpc) is 2.77. The van der Waals surface area contributed by atoms with Gasteiger partial charge in [-0.2, -0.15) is 0 Å². The largest absolute Gasteiger partial charge is 0.510 e. The van der Waals surface area contributed by atoms with Gasteiger partial charge in [-0.3, -0.25) is 19.3 Å². The third kappa shape index (κ3) is 3.71. The zero-order chi connectivity index (χ0) is 26.7. The molecule has 0 bridgehead atoms. The summed E-state index contributed by atoms with van der Waals surface area (Å²) in [5.41, 5.74) is 3.25. The Labute approximate surface area is 209 Å². The van der Waals surface area contributed by atoms with E-state index in [2.05, 4.69) is 19.2 Å². The number of nitrogens with zero attached hydrogens (tertiary/aromatic N) is 1. The van der Waals surface area contributed by atoms with Crippen LogP contribution in [-0.2, 0) is 22.6 Å². The molecule has 0 aromatic heterocycles. The molecule has 3 aliphatic carbocycles. The van der Waals surface area contributed by atoms with Crippen LogP contribution in [0.25, 0.3) is 0 Å². The number of aliphatic hydroxyl groups excluding tert-OH is 2. The van der Waals surface area contributed by atoms with Gasteiger partial charge in [-0.25, -0.2) is 0 Å². The summed E-state index contributed by atoms with van der Waals surface area (Å²) in [5.74, 6) is -6.06. The molecule has 4 atom stereocenters. The number of fused-ring (bicyclic) bond motifs is 3. The Balaban J connectivity index is 1.86. The number of carbonyl (C=O) groups is 3. The van der Waals surface area contributed by atoms with Crippen LogP contribution >= 0.6 is 0 Å². The van der Waals surface area contributed by atoms with E-state index < -0.39 is 58.0 Å². The van der Waals surface area contributed by atoms with Gasteiger partial charge in [0.1, 0.15) is 22.8 Å². The van der Waals surface area contributed by atoms with E-state index in [-0.39, 0.29) is 29.7 Å². The van der Waals surface area contributed by atoms with E-state index in [0.29, 0.717) is 18.0 Å². The third-order valence-electron chi connectivity index (χ3n) is 7.57. The van der Waals surface area contributed by atoms with Crippen molar-refractivity contribution in [2.24, 2.45) is 23.5 Å². The number of aromatic hydroxyl groups is 1. The lowest BCUT2D eigenvalue weighted by molar-refractivity contribution is -0.148. The zero-order valence-electron chi connectivity index (χ0n) is 20.8. The smallest absolute Gasteiger partial charge is 0.255 e. The van der Waals surface area contributed by atoms with Crippen molar-refractivity contribution in [2.45, 2.75) is 44.9 Å². The Morgan fingerprint density at radius 1 is 1.22 bits per heavy atom. The number of nitrogens with two attached hydrogens (primary N) is 1. The van der Waals surface area contributed by atoms with Crippen LogP contribution in [0.2, 0.25) is 0 Å². The SMILES string of the molecule is CC(C)CNCc1ccc(O)c2c1C[C@H]1C[C@H]3C(N(C)C)C(O)=C(C(N)=O)C(=O)[C@@]3(O)C(O)=C1C2=O. The summed E-state index contributed by atoms with van der Waals surface area (Å²) in [6, 6.07) is 2.16. The standard InChI is InChI=1S/C26H33N3O7/c1-11(2)9-28-10-12-5-6-16(30)18-14(12)7-13-8-15-20(29(3)4)22(32)19(25(27)35)24(34)26(15,36)23(33)17(13)21(18)31/h5-6,11,13,15,20,28,30,32-33,36H,7-10H2,1-4H3,(H2,27,35)/t13-,15-,20?,26-/m0/s1. The average molecular weight is 500 g/mol. The number of benzene rings is 1. The first-order chi connectivity index (χ1) is 16.8. The molecule has 7 N–H and O–H groups in total. The number of likely N-dealkylation sites (N-methyl/N-ethyl adjacent to an activating group) is 1. The minimum atomic E-state index is -2.63. The Hall–Kier alpha value is -3.21. The van der Waals surface area contributed by atoms with Crippen molar-refractivity contribution in [1.82, 2.24) is 10.2 Å². The molecule has 0 aliphatic heterocycles. The highest BCUT2D eigenvalue weighted by molar-refractivity contribution is 6.24. The second-order valence-corrected chi connectivity index (χ2v) is 10.6. The zero-order valence-corrected chi connectivity index (χ0v) is 20.8. The summed E-state index contributed by atoms with van der Waals surface area (Å²) in [5, 5.41) is 47.6. The van der Waals surface area contributed by atoms with Crippen molar-refractivity contribution >= 4 is 17.5 Å². The number of rotatable bonds is 6. The number of phenolic OH excluding ortho intramolecular Hbond substituents is 1. The number of amides is 1. The number of Topliss-reactive ketones (excluding diaryl/α,β-unsaturated/α-hetero) is 2. The van der Waals surface area contributed by atoms with E-state index in [4.69, 9.17) is 5.73 Å². The molecule has 1 aromatic carbocycles. The number of hydrogen-bond donors (Lipinski definition) is 6. The van der Waals surface area contributed by atoms with Crippen LogP contribution in [0.3, 0.4) is 0 Å². The van der Waals surface area contributed by atoms with Crippen LogP contribution in [0.5, 0.6) is 5.75 Å². The van der Waals surface area contributed by atoms with Gasteiger partial charge in [-0.1, -0.05) is 19.9 Å². The van der Waals surface area contributed by atoms with Crippen molar-refractivity contribution < 1.29 is 34.8 Å². The fourth-order valence-electron chi connectivity index (χ4n) is 5.98. The second-order valence-electron chi connectivity index (χ2n) is 10.6. The maximum atomic E-state index is 13.7. The minimum Gasteiger partial charge on any atom is -0.510 e. The number of hydrogen-bond acceptors (Lipinski definition) is 9. The molecule has 0 saturated carbocycles. The van der Waals surface area contributed by atoms with Gasteiger partial charge >= 0.3 is 0 Å². The third-order valence-corrected chi connectivity index (χ3v) is 7.57. The molecule has 36 heavy (non-hydrogen) atoms. The van der Waals surface area contributed by atoms with Crippen LogP contribution in [0.1, 0.15) is 41.8 Å². The number of primary amides is 1. The van der Waals surface area contributed by atoms with Gasteiger partial charge in [-0.05, 0) is 62.5 Å². The second kappa shape index (κ2) is 9.02. The summed E-state index contributed by atoms with van der Waals surface area (Å²) in [7, 11) is 3.20. The molecule has 3 aliphatic rings. The highest BCUT2D eigenvalue weighted by Crippen LogP contribution is 2.52. The number of carbonyl (C=O) groups excluding carboxylic acids is 3. The quantitative estimate of drug-likeness (QED) is 0.310. The monoisotopic (exact) mass is 499 g/mol. The maximum Gasteiger partial charge on any atom is 0.255 e. The molecule has 0 fully saturated rings. The highest BCUT2D eigenvalue weighted by Gasteiger charge is 2.63. The molecule has 10 heteroatoms. The molecule has 1 aromatic rings. The first kappa shape index (κ1) is 25.9. The van der Waals surface area contributed by atoms with Gasteiger partial charge in [0.25, 0.3) is 5.91 Å². The highest BCUT2D eigenvalue weighted by atomic mass is 16.3.